The van der Waals surface area contributed by atoms with Crippen LogP contribution in [0.2, 0.25) is 0 Å². The van der Waals surface area contributed by atoms with Crippen LogP contribution in [0.25, 0.3) is 0 Å². The molecule has 0 atom stereocenters. The van der Waals surface area contributed by atoms with Gasteiger partial charge in [-0.05, 0) is 32.0 Å². The molecular formula is C13H19N3O4. The third-order valence-corrected chi connectivity index (χ3v) is 2.82. The highest BCUT2D eigenvalue weighted by Crippen LogP contribution is 2.27. The Kier molecular flexibility index (Phi) is 4.79. The van der Waals surface area contributed by atoms with Gasteiger partial charge in [0.25, 0.3) is 5.91 Å². The highest BCUT2D eigenvalue weighted by Gasteiger charge is 2.26. The minimum atomic E-state index is -0.973. The second-order valence-corrected chi connectivity index (χ2v) is 4.63. The van der Waals surface area contributed by atoms with Crippen molar-refractivity contribution in [3.8, 4) is 11.5 Å². The van der Waals surface area contributed by atoms with Crippen molar-refractivity contribution in [1.29, 1.82) is 0 Å². The number of nitrogens with one attached hydrogen (secondary N) is 1. The highest BCUT2D eigenvalue weighted by atomic mass is 16.5. The van der Waals surface area contributed by atoms with Gasteiger partial charge in [0.1, 0.15) is 0 Å². The number of hydrogen-bond donors (Lipinski definition) is 3. The number of carbonyl (C=O) groups excluding carboxylic acids is 1. The quantitative estimate of drug-likeness (QED) is 0.322. The van der Waals surface area contributed by atoms with Gasteiger partial charge in [-0.15, -0.1) is 0 Å². The standard InChI is InChI=1S/C13H19N3O4/c1-13(2,12(14)16-18)15-11(17)8-5-6-9(19-3)10(7-8)20-4/h5-7,18H,1-4H3,(H2,14,16)(H,15,17). The fourth-order valence-electron chi connectivity index (χ4n) is 1.52. The third-order valence-electron chi connectivity index (χ3n) is 2.82. The predicted molar refractivity (Wildman–Crippen MR) is 74.5 cm³/mol. The van der Waals surface area contributed by atoms with E-state index in [2.05, 4.69) is 10.5 Å². The SMILES string of the molecule is COc1ccc(C(=O)NC(C)(C)/C(N)=N/O)cc1OC. The molecule has 0 saturated carbocycles. The van der Waals surface area contributed by atoms with Crippen LogP contribution in [0.3, 0.4) is 0 Å². The summed E-state index contributed by atoms with van der Waals surface area (Å²) in [5.41, 5.74) is 4.92. The van der Waals surface area contributed by atoms with Crippen molar-refractivity contribution in [1.82, 2.24) is 5.32 Å². The van der Waals surface area contributed by atoms with Crippen molar-refractivity contribution >= 4 is 11.7 Å². The van der Waals surface area contributed by atoms with Crippen molar-refractivity contribution in [2.45, 2.75) is 19.4 Å². The van der Waals surface area contributed by atoms with Crippen LogP contribution in [-0.2, 0) is 0 Å². The normalized spacial score (nSPS) is 11.9. The van der Waals surface area contributed by atoms with Crippen LogP contribution in [0.5, 0.6) is 11.5 Å². The Morgan fingerprint density at radius 1 is 1.30 bits per heavy atom. The number of methoxy groups -OCH3 is 2. The van der Waals surface area contributed by atoms with E-state index in [0.717, 1.165) is 0 Å². The van der Waals surface area contributed by atoms with Crippen molar-refractivity contribution in [3.05, 3.63) is 23.8 Å². The van der Waals surface area contributed by atoms with Crippen LogP contribution in [-0.4, -0.2) is 36.7 Å². The number of amidine groups is 1. The molecule has 0 aliphatic rings. The van der Waals surface area contributed by atoms with Crippen molar-refractivity contribution < 1.29 is 19.5 Å². The number of amides is 1. The summed E-state index contributed by atoms with van der Waals surface area (Å²) < 4.78 is 10.2. The number of oxime groups is 1. The molecule has 4 N–H and O–H groups in total. The van der Waals surface area contributed by atoms with Gasteiger partial charge in [0, 0.05) is 5.56 Å². The van der Waals surface area contributed by atoms with Gasteiger partial charge in [-0.25, -0.2) is 0 Å². The first-order valence-electron chi connectivity index (χ1n) is 5.88. The lowest BCUT2D eigenvalue weighted by Gasteiger charge is -2.24. The van der Waals surface area contributed by atoms with Crippen LogP contribution in [0.4, 0.5) is 0 Å². The molecule has 1 aromatic carbocycles. The number of rotatable bonds is 5. The Labute approximate surface area is 117 Å². The molecule has 0 aliphatic carbocycles. The lowest BCUT2D eigenvalue weighted by atomic mass is 10.0. The van der Waals surface area contributed by atoms with E-state index in [-0.39, 0.29) is 11.7 Å². The maximum atomic E-state index is 12.1. The van der Waals surface area contributed by atoms with Gasteiger partial charge in [-0.3, -0.25) is 4.79 Å². The molecule has 1 amide bonds. The molecule has 0 fully saturated rings. The van der Waals surface area contributed by atoms with Crippen LogP contribution < -0.4 is 20.5 Å². The molecular weight excluding hydrogens is 262 g/mol. The van der Waals surface area contributed by atoms with Gasteiger partial charge in [0.2, 0.25) is 0 Å². The highest BCUT2D eigenvalue weighted by molar-refractivity contribution is 6.00. The van der Waals surface area contributed by atoms with Crippen LogP contribution >= 0.6 is 0 Å². The molecule has 0 bridgehead atoms. The molecule has 0 radical (unpaired) electrons. The summed E-state index contributed by atoms with van der Waals surface area (Å²) >= 11 is 0. The number of nitrogens with zero attached hydrogens (tertiary/aromatic N) is 1. The average Bonchev–Trinajstić information content (AvgIpc) is 2.44. The van der Waals surface area contributed by atoms with Gasteiger partial charge in [0.05, 0.1) is 19.8 Å². The number of hydrogen-bond acceptors (Lipinski definition) is 5. The Morgan fingerprint density at radius 2 is 1.90 bits per heavy atom. The summed E-state index contributed by atoms with van der Waals surface area (Å²) in [6.45, 7) is 3.25. The van der Waals surface area contributed by atoms with E-state index < -0.39 is 5.54 Å². The summed E-state index contributed by atoms with van der Waals surface area (Å²) in [7, 11) is 3.00. The molecule has 0 spiro atoms. The van der Waals surface area contributed by atoms with E-state index in [1.54, 1.807) is 32.0 Å². The zero-order valence-electron chi connectivity index (χ0n) is 11.9. The second kappa shape index (κ2) is 6.14. The molecule has 1 rings (SSSR count). The van der Waals surface area contributed by atoms with Crippen LogP contribution in [0.15, 0.2) is 23.4 Å². The van der Waals surface area contributed by atoms with Crippen molar-refractivity contribution in [2.24, 2.45) is 10.9 Å². The van der Waals surface area contributed by atoms with Gasteiger partial charge in [0.15, 0.2) is 17.3 Å². The minimum Gasteiger partial charge on any atom is -0.493 e. The summed E-state index contributed by atoms with van der Waals surface area (Å²) in [4.78, 5) is 12.1. The summed E-state index contributed by atoms with van der Waals surface area (Å²) in [6.07, 6.45) is 0. The fraction of sp³-hybridized carbons (Fsp3) is 0.385. The predicted octanol–water partition coefficient (Wildman–Crippen LogP) is 0.959. The zero-order valence-corrected chi connectivity index (χ0v) is 11.9. The second-order valence-electron chi connectivity index (χ2n) is 4.63. The molecule has 0 aliphatic heterocycles. The maximum Gasteiger partial charge on any atom is 0.252 e. The van der Waals surface area contributed by atoms with Gasteiger partial charge >= 0.3 is 0 Å². The smallest absolute Gasteiger partial charge is 0.252 e. The third kappa shape index (κ3) is 3.31. The lowest BCUT2D eigenvalue weighted by molar-refractivity contribution is 0.0930. The zero-order chi connectivity index (χ0) is 15.3. The molecule has 0 unspecified atom stereocenters. The fourth-order valence-corrected chi connectivity index (χ4v) is 1.52. The number of ether oxygens (including phenoxy) is 2. The van der Waals surface area contributed by atoms with Crippen LogP contribution in [0, 0.1) is 0 Å². The monoisotopic (exact) mass is 281 g/mol. The first-order chi connectivity index (χ1) is 9.35. The Hall–Kier alpha value is -2.44. The molecule has 0 aromatic heterocycles. The first-order valence-corrected chi connectivity index (χ1v) is 5.88. The number of carbonyl (C=O) groups is 1. The summed E-state index contributed by atoms with van der Waals surface area (Å²) in [5.74, 6) is 0.510. The van der Waals surface area contributed by atoms with Gasteiger partial charge in [-0.1, -0.05) is 5.16 Å². The molecule has 0 saturated heterocycles. The number of benzene rings is 1. The van der Waals surface area contributed by atoms with E-state index >= 15 is 0 Å². The van der Waals surface area contributed by atoms with E-state index in [4.69, 9.17) is 20.4 Å². The molecule has 20 heavy (non-hydrogen) atoms. The first kappa shape index (κ1) is 15.6. The Morgan fingerprint density at radius 3 is 2.40 bits per heavy atom. The van der Waals surface area contributed by atoms with E-state index in [9.17, 15) is 4.79 Å². The Balaban J connectivity index is 2.99. The largest absolute Gasteiger partial charge is 0.493 e. The minimum absolute atomic E-state index is 0.0914. The van der Waals surface area contributed by atoms with Gasteiger partial charge in [-0.2, -0.15) is 0 Å². The van der Waals surface area contributed by atoms with Crippen LogP contribution in [0.1, 0.15) is 24.2 Å². The topological polar surface area (TPSA) is 106 Å². The maximum absolute atomic E-state index is 12.1. The molecule has 110 valence electrons. The molecule has 7 nitrogen and oxygen atoms in total. The van der Waals surface area contributed by atoms with Crippen molar-refractivity contribution in [3.63, 3.8) is 0 Å². The van der Waals surface area contributed by atoms with Gasteiger partial charge < -0.3 is 25.7 Å². The molecule has 1 aromatic rings. The average molecular weight is 281 g/mol. The lowest BCUT2D eigenvalue weighted by Crippen LogP contribution is -2.53. The van der Waals surface area contributed by atoms with E-state index in [0.29, 0.717) is 17.1 Å². The van der Waals surface area contributed by atoms with E-state index in [1.807, 2.05) is 0 Å². The van der Waals surface area contributed by atoms with E-state index in [1.165, 1.54) is 14.2 Å². The van der Waals surface area contributed by atoms with Crippen molar-refractivity contribution in [2.75, 3.05) is 14.2 Å². The Bertz CT molecular complexity index is 526. The summed E-state index contributed by atoms with van der Waals surface area (Å²) in [6, 6.07) is 4.78. The molecule has 0 heterocycles. The molecule has 7 heteroatoms. The number of nitrogens with two attached hydrogens (primary N) is 1. The summed E-state index contributed by atoms with van der Waals surface area (Å²) in [5, 5.41) is 14.2.